The topological polar surface area (TPSA) is 64.8 Å². The average Bonchev–Trinajstić information content (AvgIpc) is 2.58. The standard InChI is InChI=1S/C21H30N2O3/c1-21(2,3)26-20(24)23-14-8-12-19(16-23)25-18-11-7-10-17(15-18)9-5-4-6-13-22/h7,10-11,15,19H,4,6,8,12-14,16,22H2,1-3H3. The SMILES string of the molecule is CC(C)(C)OC(=O)N1CCCC(Oc2cccc(C#CCCCN)c2)C1. The van der Waals surface area contributed by atoms with Crippen LogP contribution in [0.1, 0.15) is 52.0 Å². The lowest BCUT2D eigenvalue weighted by Crippen LogP contribution is -2.46. The van der Waals surface area contributed by atoms with Gasteiger partial charge in [0.2, 0.25) is 0 Å². The highest BCUT2D eigenvalue weighted by Crippen LogP contribution is 2.21. The van der Waals surface area contributed by atoms with Crippen molar-refractivity contribution in [2.75, 3.05) is 19.6 Å². The first kappa shape index (κ1) is 20.1. The van der Waals surface area contributed by atoms with Crippen LogP contribution in [-0.4, -0.2) is 42.3 Å². The third-order valence-electron chi connectivity index (χ3n) is 3.91. The van der Waals surface area contributed by atoms with Crippen LogP contribution in [0, 0.1) is 11.8 Å². The molecule has 0 aromatic heterocycles. The summed E-state index contributed by atoms with van der Waals surface area (Å²) in [5.74, 6) is 7.05. The molecule has 0 saturated carbocycles. The maximum absolute atomic E-state index is 12.3. The molecule has 1 atom stereocenters. The molecule has 26 heavy (non-hydrogen) atoms. The minimum absolute atomic E-state index is 0.0308. The van der Waals surface area contributed by atoms with E-state index >= 15 is 0 Å². The summed E-state index contributed by atoms with van der Waals surface area (Å²) in [6.07, 6.45) is 3.23. The lowest BCUT2D eigenvalue weighted by Gasteiger charge is -2.34. The number of unbranched alkanes of at least 4 members (excludes halogenated alkanes) is 1. The number of benzene rings is 1. The zero-order valence-corrected chi connectivity index (χ0v) is 16.1. The van der Waals surface area contributed by atoms with E-state index in [0.29, 0.717) is 19.6 Å². The van der Waals surface area contributed by atoms with Gasteiger partial charge in [0.15, 0.2) is 0 Å². The molecule has 5 heteroatoms. The molecule has 2 N–H and O–H groups in total. The Balaban J connectivity index is 1.93. The van der Waals surface area contributed by atoms with Crippen LogP contribution in [0.5, 0.6) is 5.75 Å². The lowest BCUT2D eigenvalue weighted by atomic mass is 10.1. The van der Waals surface area contributed by atoms with Gasteiger partial charge in [0.25, 0.3) is 0 Å². The van der Waals surface area contributed by atoms with Crippen molar-refractivity contribution in [2.24, 2.45) is 5.73 Å². The summed E-state index contributed by atoms with van der Waals surface area (Å²) in [5.41, 5.74) is 5.92. The fraction of sp³-hybridized carbons (Fsp3) is 0.571. The van der Waals surface area contributed by atoms with Crippen molar-refractivity contribution >= 4 is 6.09 Å². The van der Waals surface area contributed by atoms with E-state index in [1.807, 2.05) is 45.0 Å². The Bertz CT molecular complexity index is 655. The molecular formula is C21H30N2O3. The van der Waals surface area contributed by atoms with Gasteiger partial charge in [-0.25, -0.2) is 4.79 Å². The number of nitrogens with two attached hydrogens (primary N) is 1. The summed E-state index contributed by atoms with van der Waals surface area (Å²) in [6.45, 7) is 7.55. The second-order valence-corrected chi connectivity index (χ2v) is 7.53. The minimum atomic E-state index is -0.484. The first-order valence-electron chi connectivity index (χ1n) is 9.31. The van der Waals surface area contributed by atoms with Crippen LogP contribution in [-0.2, 0) is 4.74 Å². The van der Waals surface area contributed by atoms with Crippen molar-refractivity contribution < 1.29 is 14.3 Å². The lowest BCUT2D eigenvalue weighted by molar-refractivity contribution is 0.00776. The Morgan fingerprint density at radius 1 is 1.38 bits per heavy atom. The summed E-state index contributed by atoms with van der Waals surface area (Å²) in [4.78, 5) is 14.0. The number of piperidine rings is 1. The molecular weight excluding hydrogens is 328 g/mol. The normalized spacial score (nSPS) is 17.2. The molecule has 0 radical (unpaired) electrons. The number of ether oxygens (including phenoxy) is 2. The zero-order valence-electron chi connectivity index (χ0n) is 16.1. The molecule has 1 aliphatic rings. The predicted octanol–water partition coefficient (Wildman–Crippen LogP) is 3.56. The van der Waals surface area contributed by atoms with E-state index in [2.05, 4.69) is 11.8 Å². The molecule has 1 aliphatic heterocycles. The van der Waals surface area contributed by atoms with Crippen molar-refractivity contribution in [3.63, 3.8) is 0 Å². The highest BCUT2D eigenvalue weighted by Gasteiger charge is 2.28. The molecule has 2 rings (SSSR count). The van der Waals surface area contributed by atoms with Gasteiger partial charge >= 0.3 is 6.09 Å². The maximum Gasteiger partial charge on any atom is 0.410 e. The molecule has 0 spiro atoms. The average molecular weight is 358 g/mol. The van der Waals surface area contributed by atoms with E-state index in [4.69, 9.17) is 15.2 Å². The van der Waals surface area contributed by atoms with Gasteiger partial charge in [-0.2, -0.15) is 0 Å². The molecule has 0 bridgehead atoms. The predicted molar refractivity (Wildman–Crippen MR) is 103 cm³/mol. The number of rotatable bonds is 4. The fourth-order valence-electron chi connectivity index (χ4n) is 2.72. The second kappa shape index (κ2) is 9.49. The summed E-state index contributed by atoms with van der Waals surface area (Å²) in [6, 6.07) is 7.78. The number of hydrogen-bond donors (Lipinski definition) is 1. The Morgan fingerprint density at radius 3 is 2.92 bits per heavy atom. The quantitative estimate of drug-likeness (QED) is 0.660. The monoisotopic (exact) mass is 358 g/mol. The summed E-state index contributed by atoms with van der Waals surface area (Å²) in [7, 11) is 0. The van der Waals surface area contributed by atoms with E-state index in [1.165, 1.54) is 0 Å². The van der Waals surface area contributed by atoms with Gasteiger partial charge in [0, 0.05) is 18.5 Å². The van der Waals surface area contributed by atoms with Gasteiger partial charge < -0.3 is 20.1 Å². The van der Waals surface area contributed by atoms with E-state index < -0.39 is 5.60 Å². The highest BCUT2D eigenvalue weighted by atomic mass is 16.6. The molecule has 1 unspecified atom stereocenters. The Kier molecular flexibility index (Phi) is 7.35. The van der Waals surface area contributed by atoms with Crippen LogP contribution in [0.25, 0.3) is 0 Å². The van der Waals surface area contributed by atoms with E-state index in [9.17, 15) is 4.79 Å². The number of nitrogens with zero attached hydrogens (tertiary/aromatic N) is 1. The van der Waals surface area contributed by atoms with Crippen LogP contribution >= 0.6 is 0 Å². The van der Waals surface area contributed by atoms with Gasteiger partial charge in [0.05, 0.1) is 6.54 Å². The largest absolute Gasteiger partial charge is 0.489 e. The maximum atomic E-state index is 12.3. The van der Waals surface area contributed by atoms with Crippen molar-refractivity contribution in [3.05, 3.63) is 29.8 Å². The number of amides is 1. The third kappa shape index (κ3) is 6.97. The Labute approximate surface area is 156 Å². The van der Waals surface area contributed by atoms with Gasteiger partial charge in [-0.05, 0) is 64.8 Å². The zero-order chi connectivity index (χ0) is 19.0. The van der Waals surface area contributed by atoms with E-state index in [1.54, 1.807) is 4.90 Å². The van der Waals surface area contributed by atoms with Crippen LogP contribution < -0.4 is 10.5 Å². The number of carbonyl (C=O) groups is 1. The molecule has 0 aliphatic carbocycles. The molecule has 1 aromatic carbocycles. The summed E-state index contributed by atoms with van der Waals surface area (Å²) >= 11 is 0. The fourth-order valence-corrected chi connectivity index (χ4v) is 2.72. The summed E-state index contributed by atoms with van der Waals surface area (Å²) < 4.78 is 11.6. The molecule has 142 valence electrons. The molecule has 1 amide bonds. The number of hydrogen-bond acceptors (Lipinski definition) is 4. The van der Waals surface area contributed by atoms with Crippen molar-refractivity contribution in [1.82, 2.24) is 4.90 Å². The Morgan fingerprint density at radius 2 is 2.19 bits per heavy atom. The smallest absolute Gasteiger partial charge is 0.410 e. The van der Waals surface area contributed by atoms with Gasteiger partial charge in [-0.3, -0.25) is 0 Å². The highest BCUT2D eigenvalue weighted by molar-refractivity contribution is 5.68. The Hall–Kier alpha value is -2.19. The van der Waals surface area contributed by atoms with E-state index in [0.717, 1.165) is 37.0 Å². The van der Waals surface area contributed by atoms with Crippen molar-refractivity contribution in [3.8, 4) is 17.6 Å². The summed E-state index contributed by atoms with van der Waals surface area (Å²) in [5, 5.41) is 0. The second-order valence-electron chi connectivity index (χ2n) is 7.53. The van der Waals surface area contributed by atoms with Crippen LogP contribution in [0.4, 0.5) is 4.79 Å². The van der Waals surface area contributed by atoms with Crippen LogP contribution in [0.15, 0.2) is 24.3 Å². The first-order valence-corrected chi connectivity index (χ1v) is 9.31. The molecule has 1 aromatic rings. The van der Waals surface area contributed by atoms with Gasteiger partial charge in [-0.1, -0.05) is 17.9 Å². The molecule has 1 saturated heterocycles. The molecule has 5 nitrogen and oxygen atoms in total. The number of likely N-dealkylation sites (tertiary alicyclic amines) is 1. The third-order valence-corrected chi connectivity index (χ3v) is 3.91. The molecule has 1 heterocycles. The van der Waals surface area contributed by atoms with Gasteiger partial charge in [0.1, 0.15) is 17.5 Å². The number of carbonyl (C=O) groups excluding carboxylic acids is 1. The van der Waals surface area contributed by atoms with Gasteiger partial charge in [-0.15, -0.1) is 0 Å². The van der Waals surface area contributed by atoms with Crippen molar-refractivity contribution in [1.29, 1.82) is 0 Å². The van der Waals surface area contributed by atoms with Crippen molar-refractivity contribution in [2.45, 2.75) is 58.2 Å². The molecule has 1 fully saturated rings. The van der Waals surface area contributed by atoms with E-state index in [-0.39, 0.29) is 12.2 Å². The van der Waals surface area contributed by atoms with Crippen LogP contribution in [0.3, 0.4) is 0 Å². The van der Waals surface area contributed by atoms with Crippen LogP contribution in [0.2, 0.25) is 0 Å². The minimum Gasteiger partial charge on any atom is -0.489 e. The first-order chi connectivity index (χ1) is 12.4.